The molecule has 0 radical (unpaired) electrons. The highest BCUT2D eigenvalue weighted by Crippen LogP contribution is 2.32. The smallest absolute Gasteiger partial charge is 0.270 e. The van der Waals surface area contributed by atoms with Crippen LogP contribution in [0.15, 0.2) is 59.5 Å². The SMILES string of the molecule is Cn1cc(-c2nc(N3C(=O)c4ccccc4C3=O)[nH]c(=O)c2C#N)c2ccccc21. The topological polar surface area (TPSA) is 112 Å². The number of nitrogens with zero attached hydrogens (tertiary/aromatic N) is 4. The van der Waals surface area contributed by atoms with Crippen LogP contribution in [0.2, 0.25) is 0 Å². The Morgan fingerprint density at radius 1 is 0.933 bits per heavy atom. The molecule has 144 valence electrons. The number of para-hydroxylation sites is 1. The van der Waals surface area contributed by atoms with Crippen LogP contribution in [0.3, 0.4) is 0 Å². The monoisotopic (exact) mass is 395 g/mol. The van der Waals surface area contributed by atoms with Crippen LogP contribution < -0.4 is 10.5 Å². The van der Waals surface area contributed by atoms with Gasteiger partial charge in [-0.05, 0) is 18.2 Å². The van der Waals surface area contributed by atoms with Crippen molar-refractivity contribution in [2.24, 2.45) is 7.05 Å². The summed E-state index contributed by atoms with van der Waals surface area (Å²) in [6.07, 6.45) is 1.76. The zero-order chi connectivity index (χ0) is 21.0. The lowest BCUT2D eigenvalue weighted by molar-refractivity contribution is 0.0924. The van der Waals surface area contributed by atoms with Gasteiger partial charge in [0.25, 0.3) is 17.4 Å². The maximum Gasteiger partial charge on any atom is 0.270 e. The van der Waals surface area contributed by atoms with Gasteiger partial charge >= 0.3 is 0 Å². The number of carbonyl (C=O) groups is 2. The van der Waals surface area contributed by atoms with Gasteiger partial charge in [0.05, 0.1) is 16.8 Å². The molecule has 1 aliphatic heterocycles. The molecule has 1 N–H and O–H groups in total. The molecule has 5 rings (SSSR count). The number of fused-ring (bicyclic) bond motifs is 2. The van der Waals surface area contributed by atoms with E-state index in [2.05, 4.69) is 9.97 Å². The minimum Gasteiger partial charge on any atom is -0.350 e. The standard InChI is InChI=1S/C22H13N5O3/c1-26-11-16(12-6-4-5-9-17(12)26)18-15(10-23)19(28)25-22(24-18)27-20(29)13-7-2-3-8-14(13)21(27)30/h2-9,11H,1H3,(H,24,25,28). The number of aromatic nitrogens is 3. The summed E-state index contributed by atoms with van der Waals surface area (Å²) < 4.78 is 1.86. The Hall–Kier alpha value is -4.51. The van der Waals surface area contributed by atoms with Gasteiger partial charge in [-0.2, -0.15) is 5.26 Å². The summed E-state index contributed by atoms with van der Waals surface area (Å²) in [6, 6.07) is 15.8. The number of aromatic amines is 1. The fraction of sp³-hybridized carbons (Fsp3) is 0.0455. The van der Waals surface area contributed by atoms with E-state index in [4.69, 9.17) is 0 Å². The van der Waals surface area contributed by atoms with Gasteiger partial charge in [0, 0.05) is 29.7 Å². The summed E-state index contributed by atoms with van der Waals surface area (Å²) in [4.78, 5) is 45.9. The van der Waals surface area contributed by atoms with Crippen molar-refractivity contribution >= 4 is 28.7 Å². The molecule has 0 saturated heterocycles. The van der Waals surface area contributed by atoms with E-state index in [0.717, 1.165) is 15.8 Å². The zero-order valence-corrected chi connectivity index (χ0v) is 15.7. The van der Waals surface area contributed by atoms with Gasteiger partial charge in [-0.3, -0.25) is 19.4 Å². The maximum absolute atomic E-state index is 12.8. The molecule has 0 saturated carbocycles. The zero-order valence-electron chi connectivity index (χ0n) is 15.7. The third kappa shape index (κ3) is 2.32. The summed E-state index contributed by atoms with van der Waals surface area (Å²) in [5, 5.41) is 10.4. The largest absolute Gasteiger partial charge is 0.350 e. The third-order valence-electron chi connectivity index (χ3n) is 5.18. The van der Waals surface area contributed by atoms with E-state index in [-0.39, 0.29) is 28.3 Å². The molecule has 0 aliphatic carbocycles. The van der Waals surface area contributed by atoms with Gasteiger partial charge in [-0.25, -0.2) is 9.88 Å². The molecular weight excluding hydrogens is 382 g/mol. The second-order valence-electron chi connectivity index (χ2n) is 6.89. The summed E-state index contributed by atoms with van der Waals surface area (Å²) in [5.74, 6) is -1.37. The van der Waals surface area contributed by atoms with E-state index in [1.54, 1.807) is 30.5 Å². The first kappa shape index (κ1) is 17.6. The average molecular weight is 395 g/mol. The summed E-state index contributed by atoms with van der Waals surface area (Å²) in [7, 11) is 1.84. The molecule has 0 spiro atoms. The van der Waals surface area contributed by atoms with E-state index in [1.165, 1.54) is 0 Å². The number of nitrogens with one attached hydrogen (secondary N) is 1. The highest BCUT2D eigenvalue weighted by molar-refractivity contribution is 6.33. The minimum absolute atomic E-state index is 0.115. The highest BCUT2D eigenvalue weighted by atomic mass is 16.2. The van der Waals surface area contributed by atoms with Crippen LogP contribution in [-0.4, -0.2) is 26.3 Å². The first-order valence-corrected chi connectivity index (χ1v) is 9.08. The van der Waals surface area contributed by atoms with Gasteiger partial charge in [-0.1, -0.05) is 30.3 Å². The number of carbonyl (C=O) groups excluding carboxylic acids is 2. The summed E-state index contributed by atoms with van der Waals surface area (Å²) in [5.41, 5.74) is 1.13. The number of amides is 2. The first-order chi connectivity index (χ1) is 14.5. The van der Waals surface area contributed by atoms with Gasteiger partial charge < -0.3 is 4.57 Å². The fourth-order valence-corrected chi connectivity index (χ4v) is 3.78. The van der Waals surface area contributed by atoms with E-state index >= 15 is 0 Å². The number of imide groups is 1. The molecule has 3 heterocycles. The van der Waals surface area contributed by atoms with Crippen molar-refractivity contribution in [2.75, 3.05) is 4.90 Å². The van der Waals surface area contributed by atoms with Gasteiger partial charge in [-0.15, -0.1) is 0 Å². The number of H-pyrrole nitrogens is 1. The summed E-state index contributed by atoms with van der Waals surface area (Å²) in [6.45, 7) is 0. The van der Waals surface area contributed by atoms with Crippen molar-refractivity contribution in [3.8, 4) is 17.3 Å². The van der Waals surface area contributed by atoms with Crippen molar-refractivity contribution in [3.63, 3.8) is 0 Å². The van der Waals surface area contributed by atoms with Crippen LogP contribution in [-0.2, 0) is 7.05 Å². The molecule has 1 aliphatic rings. The van der Waals surface area contributed by atoms with Gasteiger partial charge in [0.15, 0.2) is 0 Å². The summed E-state index contributed by atoms with van der Waals surface area (Å²) >= 11 is 0. The predicted molar refractivity (Wildman–Crippen MR) is 109 cm³/mol. The number of anilines is 1. The Bertz CT molecular complexity index is 1450. The van der Waals surface area contributed by atoms with Crippen molar-refractivity contribution in [1.82, 2.24) is 14.5 Å². The average Bonchev–Trinajstić information content (AvgIpc) is 3.22. The number of hydrogen-bond acceptors (Lipinski definition) is 5. The third-order valence-corrected chi connectivity index (χ3v) is 5.18. The molecule has 8 heteroatoms. The number of benzene rings is 2. The molecule has 8 nitrogen and oxygen atoms in total. The number of aryl methyl sites for hydroxylation is 1. The van der Waals surface area contributed by atoms with E-state index < -0.39 is 17.4 Å². The van der Waals surface area contributed by atoms with Crippen molar-refractivity contribution in [1.29, 1.82) is 5.26 Å². The molecule has 0 atom stereocenters. The normalized spacial score (nSPS) is 13.0. The molecule has 2 aromatic heterocycles. The highest BCUT2D eigenvalue weighted by Gasteiger charge is 2.38. The van der Waals surface area contributed by atoms with Crippen molar-refractivity contribution in [3.05, 3.63) is 81.8 Å². The molecule has 2 amide bonds. The van der Waals surface area contributed by atoms with E-state index in [0.29, 0.717) is 5.56 Å². The molecule has 2 aromatic carbocycles. The molecule has 0 fully saturated rings. The van der Waals surface area contributed by atoms with Crippen molar-refractivity contribution < 1.29 is 9.59 Å². The Balaban J connectivity index is 1.76. The lowest BCUT2D eigenvalue weighted by atomic mass is 10.1. The molecule has 4 aromatic rings. The van der Waals surface area contributed by atoms with Crippen LogP contribution in [0.5, 0.6) is 0 Å². The van der Waals surface area contributed by atoms with Gasteiger partial charge in [0.1, 0.15) is 11.6 Å². The predicted octanol–water partition coefficient (Wildman–Crippen LogP) is 2.60. The molecule has 0 unspecified atom stereocenters. The Morgan fingerprint density at radius 2 is 1.57 bits per heavy atom. The lowest BCUT2D eigenvalue weighted by Gasteiger charge is -2.13. The quantitative estimate of drug-likeness (QED) is 0.524. The van der Waals surface area contributed by atoms with Crippen LogP contribution >= 0.6 is 0 Å². The second kappa shape index (κ2) is 6.25. The number of nitriles is 1. The van der Waals surface area contributed by atoms with Crippen LogP contribution in [0.4, 0.5) is 5.95 Å². The first-order valence-electron chi connectivity index (χ1n) is 9.08. The van der Waals surface area contributed by atoms with Crippen LogP contribution in [0.1, 0.15) is 26.3 Å². The maximum atomic E-state index is 12.8. The Morgan fingerprint density at radius 3 is 2.23 bits per heavy atom. The Labute approximate surface area is 169 Å². The number of rotatable bonds is 2. The fourth-order valence-electron chi connectivity index (χ4n) is 3.78. The van der Waals surface area contributed by atoms with Crippen molar-refractivity contribution in [2.45, 2.75) is 0 Å². The van der Waals surface area contributed by atoms with Crippen LogP contribution in [0.25, 0.3) is 22.2 Å². The molecule has 0 bridgehead atoms. The van der Waals surface area contributed by atoms with Gasteiger partial charge in [0.2, 0.25) is 5.95 Å². The minimum atomic E-state index is -0.720. The second-order valence-corrected chi connectivity index (χ2v) is 6.89. The van der Waals surface area contributed by atoms with E-state index in [1.807, 2.05) is 41.9 Å². The number of hydrogen-bond donors (Lipinski definition) is 1. The van der Waals surface area contributed by atoms with Crippen LogP contribution in [0, 0.1) is 11.3 Å². The molecular formula is C22H13N5O3. The lowest BCUT2D eigenvalue weighted by Crippen LogP contribution is -2.33. The van der Waals surface area contributed by atoms with E-state index in [9.17, 15) is 19.6 Å². The molecule has 30 heavy (non-hydrogen) atoms. The Kier molecular flexibility index (Phi) is 3.66.